The van der Waals surface area contributed by atoms with Crippen molar-refractivity contribution in [2.24, 2.45) is 7.05 Å². The number of aromatic amines is 1. The third kappa shape index (κ3) is 3.55. The Morgan fingerprint density at radius 2 is 2.04 bits per heavy atom. The number of benzene rings is 1. The van der Waals surface area contributed by atoms with E-state index in [1.807, 2.05) is 0 Å². The second-order valence-electron chi connectivity index (χ2n) is 6.33. The maximum absolute atomic E-state index is 13.6. The van der Waals surface area contributed by atoms with Crippen molar-refractivity contribution < 1.29 is 9.18 Å². The van der Waals surface area contributed by atoms with E-state index >= 15 is 0 Å². The number of H-pyrrole nitrogens is 1. The molecule has 7 heteroatoms. The van der Waals surface area contributed by atoms with Crippen LogP contribution in [0.2, 0.25) is 0 Å². The molecule has 1 saturated heterocycles. The Kier molecular flexibility index (Phi) is 4.83. The van der Waals surface area contributed by atoms with Crippen molar-refractivity contribution in [1.82, 2.24) is 14.5 Å². The van der Waals surface area contributed by atoms with Gasteiger partial charge < -0.3 is 9.47 Å². The number of halogens is 1. The summed E-state index contributed by atoms with van der Waals surface area (Å²) in [4.78, 5) is 40.4. The molecule has 1 atom stereocenters. The van der Waals surface area contributed by atoms with Gasteiger partial charge in [0.15, 0.2) is 0 Å². The van der Waals surface area contributed by atoms with Crippen molar-refractivity contribution >= 4 is 5.91 Å². The van der Waals surface area contributed by atoms with E-state index in [4.69, 9.17) is 0 Å². The van der Waals surface area contributed by atoms with E-state index in [2.05, 4.69) is 4.98 Å². The summed E-state index contributed by atoms with van der Waals surface area (Å²) in [6, 6.07) is 5.93. The Morgan fingerprint density at radius 3 is 2.80 bits per heavy atom. The fraction of sp³-hybridized carbons (Fsp3) is 0.389. The molecule has 1 N–H and O–H groups in total. The second kappa shape index (κ2) is 7.04. The number of carbonyl (C=O) groups is 1. The van der Waals surface area contributed by atoms with E-state index in [9.17, 15) is 18.8 Å². The lowest BCUT2D eigenvalue weighted by molar-refractivity contribution is 0.0677. The highest BCUT2D eigenvalue weighted by molar-refractivity contribution is 5.93. The molecule has 1 fully saturated rings. The predicted molar refractivity (Wildman–Crippen MR) is 90.9 cm³/mol. The number of rotatable bonds is 2. The molecule has 0 spiro atoms. The van der Waals surface area contributed by atoms with Crippen molar-refractivity contribution in [2.75, 3.05) is 6.54 Å². The second-order valence-corrected chi connectivity index (χ2v) is 6.33. The summed E-state index contributed by atoms with van der Waals surface area (Å²) in [5.74, 6) is -0.790. The molecule has 1 aromatic carbocycles. The molecule has 25 heavy (non-hydrogen) atoms. The minimum atomic E-state index is -0.699. The molecule has 0 aliphatic carbocycles. The molecule has 1 amide bonds. The highest BCUT2D eigenvalue weighted by atomic mass is 19.1. The van der Waals surface area contributed by atoms with Gasteiger partial charge in [0.1, 0.15) is 11.4 Å². The van der Waals surface area contributed by atoms with E-state index in [1.54, 1.807) is 17.0 Å². The molecule has 132 valence electrons. The number of hydrogen-bond acceptors (Lipinski definition) is 3. The Labute approximate surface area is 143 Å². The van der Waals surface area contributed by atoms with Crippen LogP contribution in [0.1, 0.15) is 47.6 Å². The molecular weight excluding hydrogens is 325 g/mol. The molecule has 0 unspecified atom stereocenters. The van der Waals surface area contributed by atoms with Crippen LogP contribution >= 0.6 is 0 Å². The molecule has 6 nitrogen and oxygen atoms in total. The smallest absolute Gasteiger partial charge is 0.328 e. The molecule has 1 aliphatic heterocycles. The molecule has 3 rings (SSSR count). The SMILES string of the molecule is Cn1cc(C(=O)N2CCCCC[C@@H]2c2cccc(F)c2)c(=O)[nH]c1=O. The van der Waals surface area contributed by atoms with Gasteiger partial charge in [-0.3, -0.25) is 14.6 Å². The molecule has 2 heterocycles. The summed E-state index contributed by atoms with van der Waals surface area (Å²) in [5, 5.41) is 0. The van der Waals surface area contributed by atoms with Crippen LogP contribution in [0.15, 0.2) is 40.1 Å². The lowest BCUT2D eigenvalue weighted by Crippen LogP contribution is -2.40. The van der Waals surface area contributed by atoms with Gasteiger partial charge in [0.25, 0.3) is 11.5 Å². The van der Waals surface area contributed by atoms with Crippen molar-refractivity contribution in [2.45, 2.75) is 31.7 Å². The number of likely N-dealkylation sites (tertiary alicyclic amines) is 1. The van der Waals surface area contributed by atoms with Crippen LogP contribution in [0, 0.1) is 5.82 Å². The van der Waals surface area contributed by atoms with Gasteiger partial charge in [0.05, 0.1) is 6.04 Å². The molecule has 1 aliphatic rings. The Hall–Kier alpha value is -2.70. The molecular formula is C18H20FN3O3. The van der Waals surface area contributed by atoms with E-state index in [-0.39, 0.29) is 17.4 Å². The number of aromatic nitrogens is 2. The van der Waals surface area contributed by atoms with Gasteiger partial charge in [-0.2, -0.15) is 0 Å². The van der Waals surface area contributed by atoms with Gasteiger partial charge >= 0.3 is 5.69 Å². The molecule has 2 aromatic rings. The Balaban J connectivity index is 2.02. The Morgan fingerprint density at radius 1 is 1.24 bits per heavy atom. The van der Waals surface area contributed by atoms with E-state index in [1.165, 1.54) is 29.9 Å². The highest BCUT2D eigenvalue weighted by Gasteiger charge is 2.29. The van der Waals surface area contributed by atoms with E-state index in [0.717, 1.165) is 24.8 Å². The summed E-state index contributed by atoms with van der Waals surface area (Å²) in [6.07, 6.45) is 4.69. The quantitative estimate of drug-likeness (QED) is 0.904. The first-order valence-electron chi connectivity index (χ1n) is 8.34. The van der Waals surface area contributed by atoms with Gasteiger partial charge in [-0.05, 0) is 30.5 Å². The maximum atomic E-state index is 13.6. The summed E-state index contributed by atoms with van der Waals surface area (Å²) < 4.78 is 14.8. The zero-order valence-electron chi connectivity index (χ0n) is 14.0. The monoisotopic (exact) mass is 345 g/mol. The molecule has 0 bridgehead atoms. The third-order valence-electron chi connectivity index (χ3n) is 4.59. The first-order chi connectivity index (χ1) is 12.0. The zero-order valence-corrected chi connectivity index (χ0v) is 14.0. The van der Waals surface area contributed by atoms with Crippen molar-refractivity contribution in [3.8, 4) is 0 Å². The normalized spacial score (nSPS) is 18.0. The molecule has 0 radical (unpaired) electrons. The Bertz CT molecular complexity index is 903. The first-order valence-corrected chi connectivity index (χ1v) is 8.34. The average molecular weight is 345 g/mol. The zero-order chi connectivity index (χ0) is 18.0. The van der Waals surface area contributed by atoms with Crippen LogP contribution in [0.4, 0.5) is 4.39 Å². The number of carbonyl (C=O) groups excluding carboxylic acids is 1. The van der Waals surface area contributed by atoms with Crippen molar-refractivity contribution in [1.29, 1.82) is 0 Å². The maximum Gasteiger partial charge on any atom is 0.328 e. The van der Waals surface area contributed by atoms with Gasteiger partial charge in [0, 0.05) is 19.8 Å². The number of amides is 1. The van der Waals surface area contributed by atoms with Crippen molar-refractivity contribution in [3.63, 3.8) is 0 Å². The van der Waals surface area contributed by atoms with Crippen LogP contribution in [0.3, 0.4) is 0 Å². The number of hydrogen-bond donors (Lipinski definition) is 1. The number of nitrogens with one attached hydrogen (secondary N) is 1. The number of aryl methyl sites for hydroxylation is 1. The van der Waals surface area contributed by atoms with Gasteiger partial charge in [-0.15, -0.1) is 0 Å². The largest absolute Gasteiger partial charge is 0.331 e. The topological polar surface area (TPSA) is 75.2 Å². The minimum absolute atomic E-state index is 0.0783. The summed E-state index contributed by atoms with van der Waals surface area (Å²) in [6.45, 7) is 0.488. The molecule has 0 saturated carbocycles. The van der Waals surface area contributed by atoms with Crippen LogP contribution in [-0.2, 0) is 7.05 Å². The summed E-state index contributed by atoms with van der Waals surface area (Å²) >= 11 is 0. The van der Waals surface area contributed by atoms with E-state index in [0.29, 0.717) is 13.0 Å². The lowest BCUT2D eigenvalue weighted by atomic mass is 10.00. The van der Waals surface area contributed by atoms with Crippen LogP contribution in [-0.4, -0.2) is 26.9 Å². The van der Waals surface area contributed by atoms with Crippen LogP contribution in [0.5, 0.6) is 0 Å². The molecule has 1 aromatic heterocycles. The fourth-order valence-corrected chi connectivity index (χ4v) is 3.28. The van der Waals surface area contributed by atoms with Crippen LogP contribution < -0.4 is 11.2 Å². The predicted octanol–water partition coefficient (Wildman–Crippen LogP) is 1.97. The standard InChI is InChI=1S/C18H20FN3O3/c1-21-11-14(16(23)20-18(21)25)17(24)22-9-4-2-3-8-15(22)12-6-5-7-13(19)10-12/h5-7,10-11,15H,2-4,8-9H2,1H3,(H,20,23,25)/t15-/m1/s1. The van der Waals surface area contributed by atoms with Gasteiger partial charge in [-0.25, -0.2) is 9.18 Å². The van der Waals surface area contributed by atoms with Gasteiger partial charge in [0.2, 0.25) is 0 Å². The summed E-state index contributed by atoms with van der Waals surface area (Å²) in [7, 11) is 1.47. The van der Waals surface area contributed by atoms with Gasteiger partial charge in [-0.1, -0.05) is 25.0 Å². The third-order valence-corrected chi connectivity index (χ3v) is 4.59. The average Bonchev–Trinajstić information content (AvgIpc) is 2.83. The van der Waals surface area contributed by atoms with Crippen LogP contribution in [0.25, 0.3) is 0 Å². The summed E-state index contributed by atoms with van der Waals surface area (Å²) in [5.41, 5.74) is -0.628. The first kappa shape index (κ1) is 17.1. The van der Waals surface area contributed by atoms with E-state index < -0.39 is 17.2 Å². The highest BCUT2D eigenvalue weighted by Crippen LogP contribution is 2.31. The lowest BCUT2D eigenvalue weighted by Gasteiger charge is -2.30. The minimum Gasteiger partial charge on any atom is -0.331 e. The fourth-order valence-electron chi connectivity index (χ4n) is 3.28. The van der Waals surface area contributed by atoms with Crippen molar-refractivity contribution in [3.05, 3.63) is 68.2 Å². The number of nitrogens with zero attached hydrogens (tertiary/aromatic N) is 2.